The van der Waals surface area contributed by atoms with E-state index in [1.54, 1.807) is 11.3 Å². The number of nitrogens with two attached hydrogens (primary N) is 1. The van der Waals surface area contributed by atoms with Gasteiger partial charge in [0.15, 0.2) is 0 Å². The third-order valence-electron chi connectivity index (χ3n) is 2.48. The summed E-state index contributed by atoms with van der Waals surface area (Å²) >= 11 is 1.69. The van der Waals surface area contributed by atoms with Crippen LogP contribution in [0.3, 0.4) is 0 Å². The van der Waals surface area contributed by atoms with Crippen molar-refractivity contribution in [3.05, 3.63) is 52.7 Å². The number of para-hydroxylation sites is 1. The fourth-order valence-corrected chi connectivity index (χ4v) is 2.24. The quantitative estimate of drug-likeness (QED) is 0.385. The molecule has 0 aliphatic carbocycles. The zero-order chi connectivity index (χ0) is 12.8. The van der Waals surface area contributed by atoms with E-state index in [1.165, 1.54) is 5.56 Å². The molecule has 0 saturated carbocycles. The van der Waals surface area contributed by atoms with Crippen LogP contribution in [0.1, 0.15) is 5.56 Å². The molecule has 1 aromatic carbocycles. The van der Waals surface area contributed by atoms with E-state index in [2.05, 4.69) is 27.2 Å². The minimum absolute atomic E-state index is 0.646. The zero-order valence-corrected chi connectivity index (χ0v) is 11.0. The highest BCUT2D eigenvalue weighted by molar-refractivity contribution is 7.07. The average Bonchev–Trinajstić information content (AvgIpc) is 2.90. The molecule has 0 bridgehead atoms. The molecule has 0 atom stereocenters. The first-order valence-corrected chi connectivity index (χ1v) is 6.56. The first-order valence-electron chi connectivity index (χ1n) is 5.62. The molecular weight excluding hydrogens is 244 g/mol. The fourth-order valence-electron chi connectivity index (χ4n) is 1.58. The standard InChI is InChI=1S/C13H16N4S/c1-17(9-11-7-8-18-10-11)13(16-14)15-12-5-3-2-4-6-12/h2-8,10H,9,14H2,1H3,(H,15,16). The number of benzene rings is 1. The maximum absolute atomic E-state index is 5.53. The smallest absolute Gasteiger partial charge is 0.213 e. The number of rotatable bonds is 3. The lowest BCUT2D eigenvalue weighted by Crippen LogP contribution is -2.42. The molecule has 0 aliphatic heterocycles. The Morgan fingerprint density at radius 3 is 2.72 bits per heavy atom. The summed E-state index contributed by atoms with van der Waals surface area (Å²) in [4.78, 5) is 6.45. The van der Waals surface area contributed by atoms with Crippen molar-refractivity contribution in [3.63, 3.8) is 0 Å². The van der Waals surface area contributed by atoms with Gasteiger partial charge in [0.2, 0.25) is 5.96 Å². The van der Waals surface area contributed by atoms with Crippen LogP contribution in [-0.4, -0.2) is 17.9 Å². The molecule has 0 unspecified atom stereocenters. The van der Waals surface area contributed by atoms with E-state index in [1.807, 2.05) is 42.3 Å². The second kappa shape index (κ2) is 6.18. The Morgan fingerprint density at radius 1 is 1.33 bits per heavy atom. The number of guanidine groups is 1. The van der Waals surface area contributed by atoms with Crippen molar-refractivity contribution < 1.29 is 0 Å². The molecule has 0 fully saturated rings. The topological polar surface area (TPSA) is 53.6 Å². The van der Waals surface area contributed by atoms with Gasteiger partial charge in [0.05, 0.1) is 5.69 Å². The molecule has 3 N–H and O–H groups in total. The van der Waals surface area contributed by atoms with Gasteiger partial charge in [-0.3, -0.25) is 5.43 Å². The van der Waals surface area contributed by atoms with E-state index in [9.17, 15) is 0 Å². The van der Waals surface area contributed by atoms with Gasteiger partial charge in [-0.1, -0.05) is 18.2 Å². The number of thiophene rings is 1. The van der Waals surface area contributed by atoms with Gasteiger partial charge in [0.1, 0.15) is 0 Å². The van der Waals surface area contributed by atoms with Crippen LogP contribution in [0.4, 0.5) is 5.69 Å². The van der Waals surface area contributed by atoms with Gasteiger partial charge in [-0.25, -0.2) is 10.8 Å². The normalized spacial score (nSPS) is 11.3. The first kappa shape index (κ1) is 12.6. The molecule has 0 spiro atoms. The molecule has 1 heterocycles. The van der Waals surface area contributed by atoms with Crippen molar-refractivity contribution in [1.82, 2.24) is 10.3 Å². The van der Waals surface area contributed by atoms with E-state index in [0.29, 0.717) is 5.96 Å². The van der Waals surface area contributed by atoms with Crippen molar-refractivity contribution in [2.75, 3.05) is 7.05 Å². The average molecular weight is 260 g/mol. The summed E-state index contributed by atoms with van der Waals surface area (Å²) in [7, 11) is 1.96. The highest BCUT2D eigenvalue weighted by atomic mass is 32.1. The van der Waals surface area contributed by atoms with Crippen LogP contribution in [0.2, 0.25) is 0 Å². The third-order valence-corrected chi connectivity index (χ3v) is 3.21. The molecule has 1 aromatic heterocycles. The molecule has 5 heteroatoms. The van der Waals surface area contributed by atoms with Gasteiger partial charge in [0.25, 0.3) is 0 Å². The number of hydrogen-bond acceptors (Lipinski definition) is 3. The number of hydrazine groups is 1. The van der Waals surface area contributed by atoms with Crippen molar-refractivity contribution >= 4 is 23.0 Å². The molecule has 0 aliphatic rings. The summed E-state index contributed by atoms with van der Waals surface area (Å²) in [6, 6.07) is 11.8. The van der Waals surface area contributed by atoms with Crippen LogP contribution in [0.5, 0.6) is 0 Å². The van der Waals surface area contributed by atoms with Crippen molar-refractivity contribution in [1.29, 1.82) is 0 Å². The summed E-state index contributed by atoms with van der Waals surface area (Å²) < 4.78 is 0. The van der Waals surface area contributed by atoms with Crippen molar-refractivity contribution in [2.45, 2.75) is 6.54 Å². The van der Waals surface area contributed by atoms with Crippen LogP contribution in [0, 0.1) is 0 Å². The van der Waals surface area contributed by atoms with Gasteiger partial charge < -0.3 is 4.90 Å². The fraction of sp³-hybridized carbons (Fsp3) is 0.154. The Morgan fingerprint density at radius 2 is 2.11 bits per heavy atom. The van der Waals surface area contributed by atoms with Gasteiger partial charge in [-0.2, -0.15) is 11.3 Å². The van der Waals surface area contributed by atoms with E-state index in [4.69, 9.17) is 5.84 Å². The second-order valence-corrected chi connectivity index (χ2v) is 4.68. The largest absolute Gasteiger partial charge is 0.340 e. The predicted molar refractivity (Wildman–Crippen MR) is 76.6 cm³/mol. The lowest BCUT2D eigenvalue weighted by atomic mass is 10.3. The number of nitrogens with one attached hydrogen (secondary N) is 1. The highest BCUT2D eigenvalue weighted by Gasteiger charge is 2.06. The van der Waals surface area contributed by atoms with E-state index >= 15 is 0 Å². The molecule has 0 amide bonds. The number of aliphatic imine (C=N–C) groups is 1. The molecule has 4 nitrogen and oxygen atoms in total. The number of nitrogens with zero attached hydrogens (tertiary/aromatic N) is 2. The molecule has 0 radical (unpaired) electrons. The van der Waals surface area contributed by atoms with Crippen molar-refractivity contribution in [2.24, 2.45) is 10.8 Å². The summed E-state index contributed by atoms with van der Waals surface area (Å²) in [5, 5.41) is 4.18. The van der Waals surface area contributed by atoms with Gasteiger partial charge in [-0.05, 0) is 34.5 Å². The van der Waals surface area contributed by atoms with Gasteiger partial charge >= 0.3 is 0 Å². The first-order chi connectivity index (χ1) is 8.79. The van der Waals surface area contributed by atoms with Crippen LogP contribution < -0.4 is 11.3 Å². The number of hydrogen-bond donors (Lipinski definition) is 2. The van der Waals surface area contributed by atoms with Gasteiger partial charge in [-0.15, -0.1) is 0 Å². The Bertz CT molecular complexity index is 493. The third kappa shape index (κ3) is 3.32. The summed E-state index contributed by atoms with van der Waals surface area (Å²) in [6.07, 6.45) is 0. The SMILES string of the molecule is CN(Cc1ccsc1)C(=Nc1ccccc1)NN. The summed E-state index contributed by atoms with van der Waals surface area (Å²) in [6.45, 7) is 0.777. The van der Waals surface area contributed by atoms with Crippen LogP contribution >= 0.6 is 11.3 Å². The van der Waals surface area contributed by atoms with Crippen LogP contribution in [0.25, 0.3) is 0 Å². The van der Waals surface area contributed by atoms with Gasteiger partial charge in [0, 0.05) is 13.6 Å². The monoisotopic (exact) mass is 260 g/mol. The summed E-state index contributed by atoms with van der Waals surface area (Å²) in [5.41, 5.74) is 4.77. The Kier molecular flexibility index (Phi) is 4.33. The zero-order valence-electron chi connectivity index (χ0n) is 10.2. The van der Waals surface area contributed by atoms with Crippen LogP contribution in [0.15, 0.2) is 52.2 Å². The molecule has 18 heavy (non-hydrogen) atoms. The second-order valence-electron chi connectivity index (χ2n) is 3.90. The maximum atomic E-state index is 5.53. The highest BCUT2D eigenvalue weighted by Crippen LogP contribution is 2.12. The minimum atomic E-state index is 0.646. The molecule has 2 aromatic rings. The molecule has 2 rings (SSSR count). The lowest BCUT2D eigenvalue weighted by Gasteiger charge is -2.19. The van der Waals surface area contributed by atoms with E-state index in [-0.39, 0.29) is 0 Å². The maximum Gasteiger partial charge on any atom is 0.213 e. The Balaban J connectivity index is 2.10. The molecule has 94 valence electrons. The summed E-state index contributed by atoms with van der Waals surface area (Å²) in [5.74, 6) is 6.18. The van der Waals surface area contributed by atoms with E-state index in [0.717, 1.165) is 12.2 Å². The van der Waals surface area contributed by atoms with Crippen LogP contribution in [-0.2, 0) is 6.54 Å². The van der Waals surface area contributed by atoms with E-state index < -0.39 is 0 Å². The Labute approximate surface area is 111 Å². The Hall–Kier alpha value is -1.85. The predicted octanol–water partition coefficient (Wildman–Crippen LogP) is 2.33. The molecular formula is C13H16N4S. The minimum Gasteiger partial charge on any atom is -0.340 e. The van der Waals surface area contributed by atoms with Crippen molar-refractivity contribution in [3.8, 4) is 0 Å². The lowest BCUT2D eigenvalue weighted by molar-refractivity contribution is 0.481. The molecule has 0 saturated heterocycles.